The average Bonchev–Trinajstić information content (AvgIpc) is 2.33. The van der Waals surface area contributed by atoms with Gasteiger partial charge in [-0.2, -0.15) is 0 Å². The standard InChI is InChI=1S/C9H14O3/c1-5-6(2)10-8-7(5)11-9(3,4)12-8/h6-8H,1H2,2-4H3/t6-,7-,8-/m0/s1. The zero-order chi connectivity index (χ0) is 8.93. The molecular weight excluding hydrogens is 156 g/mol. The third-order valence-corrected chi connectivity index (χ3v) is 2.28. The molecule has 3 nitrogen and oxygen atoms in total. The van der Waals surface area contributed by atoms with Gasteiger partial charge in [0.1, 0.15) is 6.10 Å². The van der Waals surface area contributed by atoms with Crippen LogP contribution < -0.4 is 0 Å². The molecule has 0 spiro atoms. The molecular formula is C9H14O3. The monoisotopic (exact) mass is 170 g/mol. The lowest BCUT2D eigenvalue weighted by molar-refractivity contribution is -0.198. The van der Waals surface area contributed by atoms with E-state index in [-0.39, 0.29) is 18.5 Å². The van der Waals surface area contributed by atoms with Crippen molar-refractivity contribution < 1.29 is 14.2 Å². The Morgan fingerprint density at radius 3 is 2.58 bits per heavy atom. The molecule has 2 rings (SSSR count). The van der Waals surface area contributed by atoms with Gasteiger partial charge in [0.15, 0.2) is 12.1 Å². The van der Waals surface area contributed by atoms with Crippen molar-refractivity contribution in [2.45, 2.75) is 45.1 Å². The van der Waals surface area contributed by atoms with E-state index >= 15 is 0 Å². The Labute approximate surface area is 72.3 Å². The second-order valence-electron chi connectivity index (χ2n) is 3.78. The summed E-state index contributed by atoms with van der Waals surface area (Å²) in [6.45, 7) is 9.64. The molecule has 2 aliphatic heterocycles. The summed E-state index contributed by atoms with van der Waals surface area (Å²) in [5, 5.41) is 0. The van der Waals surface area contributed by atoms with E-state index in [1.54, 1.807) is 0 Å². The van der Waals surface area contributed by atoms with Crippen LogP contribution in [0, 0.1) is 0 Å². The molecule has 2 fully saturated rings. The summed E-state index contributed by atoms with van der Waals surface area (Å²) in [6, 6.07) is 0. The van der Waals surface area contributed by atoms with Crippen molar-refractivity contribution in [3.8, 4) is 0 Å². The van der Waals surface area contributed by atoms with Crippen LogP contribution in [-0.2, 0) is 14.2 Å². The van der Waals surface area contributed by atoms with Crippen LogP contribution in [0.1, 0.15) is 20.8 Å². The number of ether oxygens (including phenoxy) is 3. The second kappa shape index (κ2) is 2.31. The maximum absolute atomic E-state index is 5.61. The van der Waals surface area contributed by atoms with Crippen molar-refractivity contribution in [3.05, 3.63) is 12.2 Å². The molecule has 0 saturated carbocycles. The van der Waals surface area contributed by atoms with E-state index in [0.29, 0.717) is 0 Å². The Morgan fingerprint density at radius 2 is 2.00 bits per heavy atom. The summed E-state index contributed by atoms with van der Waals surface area (Å²) >= 11 is 0. The van der Waals surface area contributed by atoms with E-state index in [1.165, 1.54) is 0 Å². The van der Waals surface area contributed by atoms with Gasteiger partial charge >= 0.3 is 0 Å². The van der Waals surface area contributed by atoms with Crippen molar-refractivity contribution >= 4 is 0 Å². The molecule has 0 unspecified atom stereocenters. The average molecular weight is 170 g/mol. The Hall–Kier alpha value is -0.380. The van der Waals surface area contributed by atoms with E-state index in [2.05, 4.69) is 6.58 Å². The fraction of sp³-hybridized carbons (Fsp3) is 0.778. The topological polar surface area (TPSA) is 27.7 Å². The molecule has 2 aliphatic rings. The SMILES string of the molecule is C=C1[C@H](C)O[C@H]2OC(C)(C)O[C@@H]12. The van der Waals surface area contributed by atoms with Gasteiger partial charge in [-0.15, -0.1) is 0 Å². The molecule has 0 amide bonds. The van der Waals surface area contributed by atoms with E-state index in [0.717, 1.165) is 5.57 Å². The van der Waals surface area contributed by atoms with Gasteiger partial charge in [0, 0.05) is 0 Å². The van der Waals surface area contributed by atoms with E-state index in [9.17, 15) is 0 Å². The number of hydrogen-bond acceptors (Lipinski definition) is 3. The normalized spacial score (nSPS) is 44.9. The van der Waals surface area contributed by atoms with Crippen LogP contribution >= 0.6 is 0 Å². The Kier molecular flexibility index (Phi) is 1.59. The molecule has 68 valence electrons. The first-order chi connectivity index (χ1) is 5.49. The fourth-order valence-electron chi connectivity index (χ4n) is 1.60. The lowest BCUT2D eigenvalue weighted by atomic mass is 10.1. The van der Waals surface area contributed by atoms with Gasteiger partial charge in [0.2, 0.25) is 0 Å². The molecule has 0 aliphatic carbocycles. The molecule has 3 atom stereocenters. The number of hydrogen-bond donors (Lipinski definition) is 0. The molecule has 12 heavy (non-hydrogen) atoms. The van der Waals surface area contributed by atoms with Gasteiger partial charge in [-0.1, -0.05) is 6.58 Å². The number of fused-ring (bicyclic) bond motifs is 1. The van der Waals surface area contributed by atoms with Crippen molar-refractivity contribution in [3.63, 3.8) is 0 Å². The van der Waals surface area contributed by atoms with E-state index in [4.69, 9.17) is 14.2 Å². The summed E-state index contributed by atoms with van der Waals surface area (Å²) in [5.41, 5.74) is 0.977. The largest absolute Gasteiger partial charge is 0.342 e. The van der Waals surface area contributed by atoms with Crippen LogP contribution in [-0.4, -0.2) is 24.3 Å². The van der Waals surface area contributed by atoms with Gasteiger partial charge in [-0.05, 0) is 26.3 Å². The smallest absolute Gasteiger partial charge is 0.191 e. The van der Waals surface area contributed by atoms with Crippen LogP contribution in [0.5, 0.6) is 0 Å². The molecule has 0 N–H and O–H groups in total. The third kappa shape index (κ3) is 1.09. The molecule has 2 heterocycles. The Morgan fingerprint density at radius 1 is 1.33 bits per heavy atom. The molecule has 0 aromatic rings. The zero-order valence-corrected chi connectivity index (χ0v) is 7.66. The quantitative estimate of drug-likeness (QED) is 0.515. The van der Waals surface area contributed by atoms with Gasteiger partial charge < -0.3 is 14.2 Å². The highest BCUT2D eigenvalue weighted by Gasteiger charge is 2.49. The summed E-state index contributed by atoms with van der Waals surface area (Å²) in [6.07, 6.45) is -0.270. The first kappa shape index (κ1) is 8.23. The van der Waals surface area contributed by atoms with Gasteiger partial charge in [0.25, 0.3) is 0 Å². The highest BCUT2D eigenvalue weighted by atomic mass is 16.8. The zero-order valence-electron chi connectivity index (χ0n) is 7.66. The number of rotatable bonds is 0. The van der Waals surface area contributed by atoms with Crippen molar-refractivity contribution in [2.24, 2.45) is 0 Å². The summed E-state index contributed by atoms with van der Waals surface area (Å²) in [5.74, 6) is -0.529. The second-order valence-corrected chi connectivity index (χ2v) is 3.78. The minimum atomic E-state index is -0.529. The Bertz CT molecular complexity index is 222. The maximum Gasteiger partial charge on any atom is 0.191 e. The van der Waals surface area contributed by atoms with Crippen LogP contribution in [0.3, 0.4) is 0 Å². The highest BCUT2D eigenvalue weighted by Crippen LogP contribution is 2.39. The molecule has 3 heteroatoms. The van der Waals surface area contributed by atoms with Crippen molar-refractivity contribution in [1.29, 1.82) is 0 Å². The maximum atomic E-state index is 5.61. The predicted molar refractivity (Wildman–Crippen MR) is 43.5 cm³/mol. The Balaban J connectivity index is 2.16. The summed E-state index contributed by atoms with van der Waals surface area (Å²) in [4.78, 5) is 0. The predicted octanol–water partition coefficient (Wildman–Crippen LogP) is 1.44. The van der Waals surface area contributed by atoms with Crippen LogP contribution in [0.2, 0.25) is 0 Å². The lowest BCUT2D eigenvalue weighted by Gasteiger charge is -2.19. The van der Waals surface area contributed by atoms with Crippen LogP contribution in [0.15, 0.2) is 12.2 Å². The minimum Gasteiger partial charge on any atom is -0.342 e. The van der Waals surface area contributed by atoms with E-state index in [1.807, 2.05) is 20.8 Å². The van der Waals surface area contributed by atoms with Gasteiger partial charge in [-0.3, -0.25) is 0 Å². The van der Waals surface area contributed by atoms with Crippen LogP contribution in [0.25, 0.3) is 0 Å². The van der Waals surface area contributed by atoms with Crippen LogP contribution in [0.4, 0.5) is 0 Å². The van der Waals surface area contributed by atoms with Gasteiger partial charge in [0.05, 0.1) is 6.10 Å². The van der Waals surface area contributed by atoms with Crippen molar-refractivity contribution in [1.82, 2.24) is 0 Å². The molecule has 0 bridgehead atoms. The van der Waals surface area contributed by atoms with Gasteiger partial charge in [-0.25, -0.2) is 0 Å². The minimum absolute atomic E-state index is 0.0519. The summed E-state index contributed by atoms with van der Waals surface area (Å²) < 4.78 is 16.6. The fourth-order valence-corrected chi connectivity index (χ4v) is 1.60. The first-order valence-corrected chi connectivity index (χ1v) is 4.19. The molecule has 0 radical (unpaired) electrons. The highest BCUT2D eigenvalue weighted by molar-refractivity contribution is 5.15. The first-order valence-electron chi connectivity index (χ1n) is 4.19. The lowest BCUT2D eigenvalue weighted by Crippen LogP contribution is -2.24. The van der Waals surface area contributed by atoms with Crippen molar-refractivity contribution in [2.75, 3.05) is 0 Å². The summed E-state index contributed by atoms with van der Waals surface area (Å²) in [7, 11) is 0. The molecule has 0 aromatic carbocycles. The van der Waals surface area contributed by atoms with E-state index < -0.39 is 5.79 Å². The third-order valence-electron chi connectivity index (χ3n) is 2.28. The molecule has 2 saturated heterocycles. The molecule has 0 aromatic heterocycles.